The highest BCUT2D eigenvalue weighted by Gasteiger charge is 2.16. The summed E-state index contributed by atoms with van der Waals surface area (Å²) in [5, 5.41) is 0. The average Bonchev–Trinajstić information content (AvgIpc) is 2.31. The minimum Gasteiger partial charge on any atom is -0.201 e. The van der Waals surface area contributed by atoms with E-state index in [0.717, 1.165) is 22.4 Å². The SMILES string of the molecule is [2H]C([2H])([2H])c1c(C)cc[n+](C)c1-c1ccccc1C. The normalized spacial score (nSPS) is 14.1. The van der Waals surface area contributed by atoms with Crippen molar-refractivity contribution in [2.75, 3.05) is 0 Å². The molecule has 0 spiro atoms. The van der Waals surface area contributed by atoms with Gasteiger partial charge in [-0.3, -0.25) is 0 Å². The van der Waals surface area contributed by atoms with Gasteiger partial charge in [0.25, 0.3) is 0 Å². The molecule has 0 aliphatic heterocycles. The van der Waals surface area contributed by atoms with Crippen molar-refractivity contribution in [3.63, 3.8) is 0 Å². The molecule has 16 heavy (non-hydrogen) atoms. The molecular weight excluding hydrogens is 194 g/mol. The summed E-state index contributed by atoms with van der Waals surface area (Å²) in [6.07, 6.45) is 1.91. The van der Waals surface area contributed by atoms with E-state index in [1.54, 1.807) is 0 Å². The Morgan fingerprint density at radius 3 is 2.50 bits per heavy atom. The molecule has 2 aromatic rings. The molecule has 1 nitrogen and oxygen atoms in total. The molecule has 1 aromatic heterocycles. The van der Waals surface area contributed by atoms with Crippen LogP contribution in [0.25, 0.3) is 11.3 Å². The van der Waals surface area contributed by atoms with Gasteiger partial charge >= 0.3 is 0 Å². The van der Waals surface area contributed by atoms with Crippen LogP contribution in [0.2, 0.25) is 0 Å². The van der Waals surface area contributed by atoms with Crippen molar-refractivity contribution in [3.8, 4) is 11.3 Å². The smallest absolute Gasteiger partial charge is 0.201 e. The summed E-state index contributed by atoms with van der Waals surface area (Å²) in [7, 11) is 1.89. The van der Waals surface area contributed by atoms with Crippen LogP contribution < -0.4 is 4.57 Å². The summed E-state index contributed by atoms with van der Waals surface area (Å²) in [5.74, 6) is 0. The third kappa shape index (κ3) is 1.73. The van der Waals surface area contributed by atoms with Gasteiger partial charge in [0.05, 0.1) is 0 Å². The van der Waals surface area contributed by atoms with Crippen LogP contribution in [0.4, 0.5) is 0 Å². The Labute approximate surface area is 102 Å². The molecule has 0 bridgehead atoms. The number of hydrogen-bond donors (Lipinski definition) is 0. The van der Waals surface area contributed by atoms with E-state index in [1.165, 1.54) is 0 Å². The van der Waals surface area contributed by atoms with E-state index in [1.807, 2.05) is 62.0 Å². The highest BCUT2D eigenvalue weighted by molar-refractivity contribution is 5.64. The van der Waals surface area contributed by atoms with Crippen LogP contribution >= 0.6 is 0 Å². The molecule has 0 unspecified atom stereocenters. The molecule has 0 aliphatic rings. The molecule has 82 valence electrons. The fraction of sp³-hybridized carbons (Fsp3) is 0.267. The van der Waals surface area contributed by atoms with Crippen LogP contribution in [0.5, 0.6) is 0 Å². The molecular formula is C15H18N+. The summed E-state index contributed by atoms with van der Waals surface area (Å²) in [5.41, 5.74) is 4.07. The van der Waals surface area contributed by atoms with Gasteiger partial charge in [0.2, 0.25) is 5.69 Å². The molecule has 1 heterocycles. The minimum atomic E-state index is -2.11. The van der Waals surface area contributed by atoms with Crippen molar-refractivity contribution < 1.29 is 8.68 Å². The van der Waals surface area contributed by atoms with Crippen molar-refractivity contribution in [1.29, 1.82) is 0 Å². The van der Waals surface area contributed by atoms with E-state index in [-0.39, 0.29) is 0 Å². The highest BCUT2D eigenvalue weighted by atomic mass is 14.9. The molecule has 0 N–H and O–H groups in total. The summed E-state index contributed by atoms with van der Waals surface area (Å²) >= 11 is 0. The molecule has 0 aliphatic carbocycles. The summed E-state index contributed by atoms with van der Waals surface area (Å²) in [6.45, 7) is 1.74. The van der Waals surface area contributed by atoms with Gasteiger partial charge in [-0.05, 0) is 37.9 Å². The number of nitrogens with zero attached hydrogens (tertiary/aromatic N) is 1. The predicted molar refractivity (Wildman–Crippen MR) is 67.3 cm³/mol. The van der Waals surface area contributed by atoms with Crippen molar-refractivity contribution >= 4 is 0 Å². The number of hydrogen-bond acceptors (Lipinski definition) is 0. The standard InChI is InChI=1S/C15H18N/c1-11-9-10-16(4)15(13(11)3)14-8-6-5-7-12(14)2/h5-10H,1-4H3/q+1/i3D3. The van der Waals surface area contributed by atoms with Gasteiger partial charge in [0.1, 0.15) is 7.05 Å². The number of rotatable bonds is 1. The molecule has 0 amide bonds. The van der Waals surface area contributed by atoms with Gasteiger partial charge in [0, 0.05) is 21.3 Å². The number of aromatic nitrogens is 1. The quantitative estimate of drug-likeness (QED) is 0.644. The first-order chi connectivity index (χ1) is 8.82. The first-order valence-corrected chi connectivity index (χ1v) is 5.38. The fourth-order valence-electron chi connectivity index (χ4n) is 1.91. The molecule has 0 saturated heterocycles. The Kier molecular flexibility index (Phi) is 1.95. The highest BCUT2D eigenvalue weighted by Crippen LogP contribution is 2.24. The lowest BCUT2D eigenvalue weighted by Gasteiger charge is -2.08. The van der Waals surface area contributed by atoms with Crippen LogP contribution in [-0.4, -0.2) is 0 Å². The monoisotopic (exact) mass is 215 g/mol. The maximum atomic E-state index is 7.79. The van der Waals surface area contributed by atoms with Crippen molar-refractivity contribution in [3.05, 3.63) is 53.2 Å². The summed E-state index contributed by atoms with van der Waals surface area (Å²) in [6, 6.07) is 9.72. The van der Waals surface area contributed by atoms with E-state index in [4.69, 9.17) is 4.11 Å². The first-order valence-electron chi connectivity index (χ1n) is 6.88. The third-order valence-electron chi connectivity index (χ3n) is 2.93. The molecule has 0 radical (unpaired) electrons. The lowest BCUT2D eigenvalue weighted by Crippen LogP contribution is -2.31. The zero-order chi connectivity index (χ0) is 14.2. The minimum absolute atomic E-state index is 0.437. The van der Waals surface area contributed by atoms with Gasteiger partial charge in [-0.15, -0.1) is 0 Å². The Balaban J connectivity index is 2.84. The second kappa shape index (κ2) is 4.09. The Bertz CT molecular complexity index is 615. The van der Waals surface area contributed by atoms with Gasteiger partial charge in [-0.25, -0.2) is 4.57 Å². The predicted octanol–water partition coefficient (Wildman–Crippen LogP) is 3.10. The van der Waals surface area contributed by atoms with E-state index >= 15 is 0 Å². The maximum absolute atomic E-state index is 7.79. The van der Waals surface area contributed by atoms with Gasteiger partial charge in [-0.2, -0.15) is 0 Å². The number of aryl methyl sites for hydroxylation is 3. The molecule has 1 aromatic carbocycles. The van der Waals surface area contributed by atoms with Crippen LogP contribution in [0, 0.1) is 20.7 Å². The second-order valence-electron chi connectivity index (χ2n) is 4.15. The second-order valence-corrected chi connectivity index (χ2v) is 4.15. The Morgan fingerprint density at radius 2 is 1.81 bits per heavy atom. The zero-order valence-electron chi connectivity index (χ0n) is 12.9. The number of pyridine rings is 1. The van der Waals surface area contributed by atoms with Crippen LogP contribution in [0.15, 0.2) is 36.5 Å². The van der Waals surface area contributed by atoms with Gasteiger partial charge < -0.3 is 0 Å². The fourth-order valence-corrected chi connectivity index (χ4v) is 1.91. The lowest BCUT2D eigenvalue weighted by molar-refractivity contribution is -0.660. The Hall–Kier alpha value is -1.63. The van der Waals surface area contributed by atoms with E-state index < -0.39 is 6.85 Å². The summed E-state index contributed by atoms with van der Waals surface area (Å²) < 4.78 is 25.3. The van der Waals surface area contributed by atoms with Crippen LogP contribution in [0.3, 0.4) is 0 Å². The van der Waals surface area contributed by atoms with Crippen LogP contribution in [0.1, 0.15) is 20.8 Å². The van der Waals surface area contributed by atoms with Crippen LogP contribution in [-0.2, 0) is 7.05 Å². The van der Waals surface area contributed by atoms with E-state index in [9.17, 15) is 0 Å². The molecule has 2 rings (SSSR count). The molecule has 0 fully saturated rings. The number of benzene rings is 1. The maximum Gasteiger partial charge on any atom is 0.215 e. The van der Waals surface area contributed by atoms with E-state index in [2.05, 4.69) is 0 Å². The Morgan fingerprint density at radius 1 is 1.06 bits per heavy atom. The van der Waals surface area contributed by atoms with Crippen molar-refractivity contribution in [2.45, 2.75) is 20.7 Å². The summed E-state index contributed by atoms with van der Waals surface area (Å²) in [4.78, 5) is 0. The molecule has 0 saturated carbocycles. The van der Waals surface area contributed by atoms with Gasteiger partial charge in [-0.1, -0.05) is 18.2 Å². The third-order valence-corrected chi connectivity index (χ3v) is 2.93. The average molecular weight is 215 g/mol. The van der Waals surface area contributed by atoms with Gasteiger partial charge in [0.15, 0.2) is 6.20 Å². The van der Waals surface area contributed by atoms with E-state index in [0.29, 0.717) is 5.56 Å². The topological polar surface area (TPSA) is 3.88 Å². The lowest BCUT2D eigenvalue weighted by atomic mass is 9.99. The van der Waals surface area contributed by atoms with Crippen molar-refractivity contribution in [2.24, 2.45) is 7.05 Å². The molecule has 1 heteroatoms. The molecule has 0 atom stereocenters. The zero-order valence-corrected chi connectivity index (χ0v) is 9.91. The largest absolute Gasteiger partial charge is 0.215 e. The van der Waals surface area contributed by atoms with Crippen molar-refractivity contribution in [1.82, 2.24) is 0 Å². The first kappa shape index (κ1) is 7.61.